The Kier molecular flexibility index (Phi) is 4.44. The number of rotatable bonds is 1. The molecule has 74 valence electrons. The average Bonchev–Trinajstić information content (AvgIpc) is 2.68. The molecule has 0 amide bonds. The van der Waals surface area contributed by atoms with Crippen LogP contribution in [0.15, 0.2) is 48.9 Å². The fourth-order valence-electron chi connectivity index (χ4n) is 0.934. The van der Waals surface area contributed by atoms with Gasteiger partial charge in [-0.15, -0.1) is 0 Å². The molecule has 0 aliphatic rings. The number of benzene rings is 1. The molecule has 1 aromatic heterocycles. The van der Waals surface area contributed by atoms with Crippen LogP contribution in [0, 0.1) is 0 Å². The fourth-order valence-corrected chi connectivity index (χ4v) is 0.934. The minimum absolute atomic E-state index is 0.0286. The summed E-state index contributed by atoms with van der Waals surface area (Å²) >= 11 is 0. The lowest BCUT2D eigenvalue weighted by Gasteiger charge is -1.81. The lowest BCUT2D eigenvalue weighted by Crippen LogP contribution is -1.80. The van der Waals surface area contributed by atoms with Gasteiger partial charge in [-0.25, -0.2) is 4.98 Å². The van der Waals surface area contributed by atoms with Gasteiger partial charge in [-0.2, -0.15) is 0 Å². The number of aliphatic hydroxyl groups excluding tert-OH is 1. The number of imidazole rings is 1. The molecule has 1 heterocycles. The molecule has 0 spiro atoms. The molecular formula is C11H14N2O. The highest BCUT2D eigenvalue weighted by Crippen LogP contribution is 1.90. The molecule has 0 unspecified atom stereocenters. The first-order valence-corrected chi connectivity index (χ1v) is 4.40. The summed E-state index contributed by atoms with van der Waals surface area (Å²) in [4.78, 5) is 3.85. The van der Waals surface area contributed by atoms with Crippen LogP contribution in [0.3, 0.4) is 0 Å². The zero-order valence-electron chi connectivity index (χ0n) is 8.17. The lowest BCUT2D eigenvalue weighted by atomic mass is 10.4. The van der Waals surface area contributed by atoms with Gasteiger partial charge >= 0.3 is 0 Å². The Hall–Kier alpha value is -1.61. The summed E-state index contributed by atoms with van der Waals surface area (Å²) in [7, 11) is 1.87. The number of aromatic nitrogens is 2. The summed E-state index contributed by atoms with van der Waals surface area (Å²) < 4.78 is 1.80. The number of hydrogen-bond acceptors (Lipinski definition) is 2. The second kappa shape index (κ2) is 5.94. The smallest absolute Gasteiger partial charge is 0.0947 e. The van der Waals surface area contributed by atoms with Gasteiger partial charge in [-0.1, -0.05) is 36.4 Å². The van der Waals surface area contributed by atoms with Crippen LogP contribution in [0.2, 0.25) is 0 Å². The first-order chi connectivity index (χ1) is 6.83. The van der Waals surface area contributed by atoms with E-state index in [4.69, 9.17) is 5.11 Å². The molecule has 0 fully saturated rings. The van der Waals surface area contributed by atoms with Gasteiger partial charge in [-0.3, -0.25) is 0 Å². The minimum Gasteiger partial charge on any atom is -0.390 e. The minimum atomic E-state index is 0.0286. The second-order valence-electron chi connectivity index (χ2n) is 2.84. The predicted octanol–water partition coefficient (Wildman–Crippen LogP) is 1.60. The van der Waals surface area contributed by atoms with Crippen LogP contribution in [0.1, 0.15) is 5.69 Å². The van der Waals surface area contributed by atoms with Crippen molar-refractivity contribution in [3.8, 4) is 0 Å². The molecular weight excluding hydrogens is 176 g/mol. The normalized spacial score (nSPS) is 9.00. The van der Waals surface area contributed by atoms with Gasteiger partial charge < -0.3 is 9.67 Å². The predicted molar refractivity (Wildman–Crippen MR) is 55.6 cm³/mol. The molecule has 14 heavy (non-hydrogen) atoms. The molecule has 0 bridgehead atoms. The fraction of sp³-hybridized carbons (Fsp3) is 0.182. The zero-order valence-corrected chi connectivity index (χ0v) is 8.17. The average molecular weight is 190 g/mol. The standard InChI is InChI=1S/C6H6.C5H8N2O/c1-2-4-6-5-3-1;1-7-2-5(3-8)6-4-7/h1-6H;2,4,8H,3H2,1H3. The molecule has 0 radical (unpaired) electrons. The molecule has 2 rings (SSSR count). The van der Waals surface area contributed by atoms with Crippen LogP contribution in [-0.4, -0.2) is 14.7 Å². The Morgan fingerprint density at radius 3 is 1.86 bits per heavy atom. The highest BCUT2D eigenvalue weighted by atomic mass is 16.3. The van der Waals surface area contributed by atoms with Gasteiger partial charge in [0.05, 0.1) is 18.6 Å². The number of hydrogen-bond donors (Lipinski definition) is 1. The van der Waals surface area contributed by atoms with Gasteiger partial charge in [0, 0.05) is 13.2 Å². The summed E-state index contributed by atoms with van der Waals surface area (Å²) in [6, 6.07) is 12.0. The maximum absolute atomic E-state index is 8.48. The van der Waals surface area contributed by atoms with Gasteiger partial charge in [0.2, 0.25) is 0 Å². The molecule has 0 aliphatic carbocycles. The Bertz CT molecular complexity index is 316. The van der Waals surface area contributed by atoms with Crippen molar-refractivity contribution >= 4 is 0 Å². The molecule has 1 aromatic carbocycles. The van der Waals surface area contributed by atoms with Crippen molar-refractivity contribution in [2.75, 3.05) is 0 Å². The monoisotopic (exact) mass is 190 g/mol. The highest BCUT2D eigenvalue weighted by molar-refractivity contribution is 4.99. The van der Waals surface area contributed by atoms with Gasteiger partial charge in [0.25, 0.3) is 0 Å². The maximum atomic E-state index is 8.48. The molecule has 3 heteroatoms. The van der Waals surface area contributed by atoms with E-state index in [9.17, 15) is 0 Å². The van der Waals surface area contributed by atoms with E-state index in [0.29, 0.717) is 5.69 Å². The maximum Gasteiger partial charge on any atom is 0.0947 e. The van der Waals surface area contributed by atoms with Gasteiger partial charge in [0.15, 0.2) is 0 Å². The van der Waals surface area contributed by atoms with Crippen LogP contribution in [0.5, 0.6) is 0 Å². The van der Waals surface area contributed by atoms with E-state index in [1.807, 2.05) is 43.4 Å². The summed E-state index contributed by atoms with van der Waals surface area (Å²) in [5.74, 6) is 0. The third-order valence-electron chi connectivity index (χ3n) is 1.59. The molecule has 0 atom stereocenters. The van der Waals surface area contributed by atoms with Crippen LogP contribution in [0.25, 0.3) is 0 Å². The third kappa shape index (κ3) is 3.87. The molecule has 0 saturated heterocycles. The van der Waals surface area contributed by atoms with Crippen LogP contribution in [0.4, 0.5) is 0 Å². The third-order valence-corrected chi connectivity index (χ3v) is 1.59. The largest absolute Gasteiger partial charge is 0.390 e. The van der Waals surface area contributed by atoms with Crippen molar-refractivity contribution in [2.45, 2.75) is 6.61 Å². The topological polar surface area (TPSA) is 38.0 Å². The summed E-state index contributed by atoms with van der Waals surface area (Å²) in [5.41, 5.74) is 0.715. The summed E-state index contributed by atoms with van der Waals surface area (Å²) in [6.45, 7) is 0.0286. The van der Waals surface area contributed by atoms with E-state index in [1.165, 1.54) is 0 Å². The van der Waals surface area contributed by atoms with Crippen molar-refractivity contribution in [3.63, 3.8) is 0 Å². The Morgan fingerprint density at radius 2 is 1.64 bits per heavy atom. The molecule has 3 nitrogen and oxygen atoms in total. The van der Waals surface area contributed by atoms with E-state index in [2.05, 4.69) is 4.98 Å². The van der Waals surface area contributed by atoms with Gasteiger partial charge in [0.1, 0.15) is 0 Å². The van der Waals surface area contributed by atoms with E-state index in [-0.39, 0.29) is 6.61 Å². The van der Waals surface area contributed by atoms with E-state index >= 15 is 0 Å². The van der Waals surface area contributed by atoms with Gasteiger partial charge in [-0.05, 0) is 0 Å². The van der Waals surface area contributed by atoms with Crippen molar-refractivity contribution in [1.29, 1.82) is 0 Å². The second-order valence-corrected chi connectivity index (χ2v) is 2.84. The van der Waals surface area contributed by atoms with E-state index in [0.717, 1.165) is 0 Å². The molecule has 0 aliphatic heterocycles. The van der Waals surface area contributed by atoms with E-state index in [1.54, 1.807) is 17.1 Å². The SMILES string of the molecule is Cn1cnc(CO)c1.c1ccccc1. The Morgan fingerprint density at radius 1 is 1.14 bits per heavy atom. The summed E-state index contributed by atoms with van der Waals surface area (Å²) in [6.07, 6.45) is 3.44. The highest BCUT2D eigenvalue weighted by Gasteiger charge is 1.89. The van der Waals surface area contributed by atoms with Crippen LogP contribution >= 0.6 is 0 Å². The lowest BCUT2D eigenvalue weighted by molar-refractivity contribution is 0.277. The van der Waals surface area contributed by atoms with Crippen molar-refractivity contribution in [2.24, 2.45) is 7.05 Å². The van der Waals surface area contributed by atoms with Crippen LogP contribution < -0.4 is 0 Å². The first-order valence-electron chi connectivity index (χ1n) is 4.40. The Balaban J connectivity index is 0.000000146. The zero-order chi connectivity index (χ0) is 10.2. The van der Waals surface area contributed by atoms with Crippen LogP contribution in [-0.2, 0) is 13.7 Å². The number of aliphatic hydroxyl groups is 1. The van der Waals surface area contributed by atoms with Crippen molar-refractivity contribution < 1.29 is 5.11 Å². The van der Waals surface area contributed by atoms with E-state index < -0.39 is 0 Å². The first kappa shape index (κ1) is 10.5. The quantitative estimate of drug-likeness (QED) is 0.741. The molecule has 1 N–H and O–H groups in total. The summed E-state index contributed by atoms with van der Waals surface area (Å²) in [5, 5.41) is 8.48. The van der Waals surface area contributed by atoms with Crippen molar-refractivity contribution in [1.82, 2.24) is 9.55 Å². The number of aryl methyl sites for hydroxylation is 1. The number of nitrogens with zero attached hydrogens (tertiary/aromatic N) is 2. The van der Waals surface area contributed by atoms with Crippen molar-refractivity contribution in [3.05, 3.63) is 54.6 Å². The Labute approximate surface area is 83.7 Å². The molecule has 0 saturated carbocycles. The molecule has 2 aromatic rings.